The first-order chi connectivity index (χ1) is 10.8. The summed E-state index contributed by atoms with van der Waals surface area (Å²) < 4.78 is 22.8. The Kier molecular flexibility index (Phi) is 7.70. The number of benzene rings is 1. The zero-order chi connectivity index (χ0) is 17.0. The number of rotatable bonds is 5. The van der Waals surface area contributed by atoms with Crippen LogP contribution in [-0.4, -0.2) is 32.4 Å². The predicted molar refractivity (Wildman–Crippen MR) is 99.1 cm³/mol. The molecule has 1 unspecified atom stereocenters. The number of nitrogens with two attached hydrogens (primary N) is 1. The van der Waals surface area contributed by atoms with E-state index >= 15 is 0 Å². The van der Waals surface area contributed by atoms with Crippen LogP contribution in [0.4, 0.5) is 0 Å². The summed E-state index contributed by atoms with van der Waals surface area (Å²) in [4.78, 5) is 12.1. The van der Waals surface area contributed by atoms with Gasteiger partial charge in [-0.3, -0.25) is 4.79 Å². The van der Waals surface area contributed by atoms with Gasteiger partial charge in [-0.2, -0.15) is 0 Å². The quantitative estimate of drug-likeness (QED) is 0.826. The lowest BCUT2D eigenvalue weighted by molar-refractivity contribution is -0.125. The maximum absolute atomic E-state index is 12.1. The molecule has 0 aliphatic carbocycles. The molecular weight excluding hydrogens is 348 g/mol. The first kappa shape index (κ1) is 20.9. The maximum Gasteiger partial charge on any atom is 0.223 e. The van der Waals surface area contributed by atoms with Crippen LogP contribution < -0.4 is 11.1 Å². The molecule has 24 heavy (non-hydrogen) atoms. The Hall–Kier alpha value is -1.11. The molecule has 0 bridgehead atoms. The van der Waals surface area contributed by atoms with Crippen LogP contribution in [-0.2, 0) is 14.6 Å². The minimum absolute atomic E-state index is 0. The van der Waals surface area contributed by atoms with Gasteiger partial charge in [0.15, 0.2) is 0 Å². The van der Waals surface area contributed by atoms with E-state index in [0.29, 0.717) is 25.3 Å². The smallest absolute Gasteiger partial charge is 0.223 e. The summed E-state index contributed by atoms with van der Waals surface area (Å²) in [5.41, 5.74) is 8.38. The molecule has 0 radical (unpaired) electrons. The highest BCUT2D eigenvalue weighted by Crippen LogP contribution is 2.20. The molecule has 0 aromatic heterocycles. The molecule has 0 spiro atoms. The predicted octanol–water partition coefficient (Wildman–Crippen LogP) is 2.17. The summed E-state index contributed by atoms with van der Waals surface area (Å²) in [6, 6.07) is 7.87. The SMILES string of the molecule is CC(C)c1ccc(C(N)CNC(=O)C2CCS(=O)(=O)CC2)cc1.Cl. The Balaban J connectivity index is 0.00000288. The lowest BCUT2D eigenvalue weighted by atomic mass is 9.99. The van der Waals surface area contributed by atoms with Crippen molar-refractivity contribution in [2.24, 2.45) is 11.7 Å². The first-order valence-corrected chi connectivity index (χ1v) is 9.94. The Labute approximate surface area is 150 Å². The van der Waals surface area contributed by atoms with Gasteiger partial charge in [0.1, 0.15) is 9.84 Å². The molecule has 1 fully saturated rings. The third-order valence-corrected chi connectivity index (χ3v) is 6.17. The molecule has 1 aromatic carbocycles. The van der Waals surface area contributed by atoms with E-state index in [2.05, 4.69) is 31.3 Å². The first-order valence-electron chi connectivity index (χ1n) is 8.12. The summed E-state index contributed by atoms with van der Waals surface area (Å²) in [6.07, 6.45) is 0.818. The summed E-state index contributed by atoms with van der Waals surface area (Å²) in [6.45, 7) is 4.64. The van der Waals surface area contributed by atoms with Crippen molar-refractivity contribution in [1.29, 1.82) is 0 Å². The van der Waals surface area contributed by atoms with Gasteiger partial charge in [-0.25, -0.2) is 8.42 Å². The summed E-state index contributed by atoms with van der Waals surface area (Å²) in [5.74, 6) is 0.382. The summed E-state index contributed by atoms with van der Waals surface area (Å²) in [7, 11) is -2.94. The van der Waals surface area contributed by atoms with Gasteiger partial charge < -0.3 is 11.1 Å². The number of amides is 1. The second kappa shape index (κ2) is 8.83. The van der Waals surface area contributed by atoms with Gasteiger partial charge in [-0.15, -0.1) is 12.4 Å². The van der Waals surface area contributed by atoms with Crippen molar-refractivity contribution in [3.63, 3.8) is 0 Å². The summed E-state index contributed by atoms with van der Waals surface area (Å²) >= 11 is 0. The van der Waals surface area contributed by atoms with Gasteiger partial charge >= 0.3 is 0 Å². The van der Waals surface area contributed by atoms with Gasteiger partial charge in [0.05, 0.1) is 11.5 Å². The Morgan fingerprint density at radius 1 is 1.17 bits per heavy atom. The zero-order valence-electron chi connectivity index (χ0n) is 14.2. The van der Waals surface area contributed by atoms with Crippen LogP contribution in [0.15, 0.2) is 24.3 Å². The second-order valence-electron chi connectivity index (χ2n) is 6.60. The van der Waals surface area contributed by atoms with Crippen LogP contribution in [0.3, 0.4) is 0 Å². The van der Waals surface area contributed by atoms with Crippen LogP contribution >= 0.6 is 12.4 Å². The standard InChI is InChI=1S/C17H26N2O3S.ClH/c1-12(2)13-3-5-14(6-4-13)16(18)11-19-17(20)15-7-9-23(21,22)10-8-15;/h3-6,12,15-16H,7-11,18H2,1-2H3,(H,19,20);1H. The van der Waals surface area contributed by atoms with E-state index in [1.54, 1.807) is 0 Å². The number of nitrogens with one attached hydrogen (secondary N) is 1. The molecule has 1 aromatic rings. The van der Waals surface area contributed by atoms with Gasteiger partial charge in [0.25, 0.3) is 0 Å². The molecule has 7 heteroatoms. The van der Waals surface area contributed by atoms with E-state index in [-0.39, 0.29) is 41.8 Å². The van der Waals surface area contributed by atoms with E-state index in [1.165, 1.54) is 5.56 Å². The number of halogens is 1. The van der Waals surface area contributed by atoms with Gasteiger partial charge in [0.2, 0.25) is 5.91 Å². The van der Waals surface area contributed by atoms with Crippen LogP contribution in [0.1, 0.15) is 49.8 Å². The fourth-order valence-corrected chi connectivity index (χ4v) is 4.24. The van der Waals surface area contributed by atoms with Crippen molar-refractivity contribution < 1.29 is 13.2 Å². The third-order valence-electron chi connectivity index (χ3n) is 4.45. The van der Waals surface area contributed by atoms with E-state index < -0.39 is 9.84 Å². The Morgan fingerprint density at radius 3 is 2.17 bits per heavy atom. The van der Waals surface area contributed by atoms with Crippen molar-refractivity contribution in [2.45, 2.75) is 38.6 Å². The molecule has 1 aliphatic rings. The highest BCUT2D eigenvalue weighted by Gasteiger charge is 2.28. The molecular formula is C17H27ClN2O3S. The molecule has 136 valence electrons. The Bertz CT molecular complexity index is 630. The molecule has 5 nitrogen and oxygen atoms in total. The molecule has 1 atom stereocenters. The van der Waals surface area contributed by atoms with E-state index in [1.807, 2.05) is 12.1 Å². The van der Waals surface area contributed by atoms with Crippen LogP contribution in [0.2, 0.25) is 0 Å². The highest BCUT2D eigenvalue weighted by molar-refractivity contribution is 7.91. The molecule has 1 aliphatic heterocycles. The second-order valence-corrected chi connectivity index (χ2v) is 8.90. The van der Waals surface area contributed by atoms with Crippen molar-refractivity contribution in [1.82, 2.24) is 5.32 Å². The minimum atomic E-state index is -2.94. The third kappa shape index (κ3) is 5.76. The Morgan fingerprint density at radius 2 is 1.67 bits per heavy atom. The number of sulfone groups is 1. The number of hydrogen-bond donors (Lipinski definition) is 2. The minimum Gasteiger partial charge on any atom is -0.354 e. The van der Waals surface area contributed by atoms with Crippen molar-refractivity contribution in [2.75, 3.05) is 18.1 Å². The largest absolute Gasteiger partial charge is 0.354 e. The van der Waals surface area contributed by atoms with Crippen molar-refractivity contribution in [3.05, 3.63) is 35.4 Å². The number of carbonyl (C=O) groups is 1. The molecule has 1 heterocycles. The number of carbonyl (C=O) groups excluding carboxylic acids is 1. The zero-order valence-corrected chi connectivity index (χ0v) is 15.8. The molecule has 0 saturated carbocycles. The summed E-state index contributed by atoms with van der Waals surface area (Å²) in [5, 5.41) is 2.86. The monoisotopic (exact) mass is 374 g/mol. The van der Waals surface area contributed by atoms with E-state index in [4.69, 9.17) is 5.73 Å². The van der Waals surface area contributed by atoms with Gasteiger partial charge in [0, 0.05) is 18.5 Å². The van der Waals surface area contributed by atoms with Gasteiger partial charge in [-0.1, -0.05) is 38.1 Å². The van der Waals surface area contributed by atoms with Crippen LogP contribution in [0.25, 0.3) is 0 Å². The van der Waals surface area contributed by atoms with E-state index in [9.17, 15) is 13.2 Å². The van der Waals surface area contributed by atoms with E-state index in [0.717, 1.165) is 5.56 Å². The lowest BCUT2D eigenvalue weighted by Crippen LogP contribution is -2.39. The fourth-order valence-electron chi connectivity index (χ4n) is 2.75. The van der Waals surface area contributed by atoms with Crippen LogP contribution in [0.5, 0.6) is 0 Å². The average Bonchev–Trinajstić information content (AvgIpc) is 2.52. The molecule has 1 amide bonds. The average molecular weight is 375 g/mol. The van der Waals surface area contributed by atoms with Crippen molar-refractivity contribution in [3.8, 4) is 0 Å². The lowest BCUT2D eigenvalue weighted by Gasteiger charge is -2.22. The normalized spacial score (nSPS) is 18.7. The van der Waals surface area contributed by atoms with Crippen LogP contribution in [0, 0.1) is 5.92 Å². The highest BCUT2D eigenvalue weighted by atomic mass is 35.5. The molecule has 1 saturated heterocycles. The molecule has 2 rings (SSSR count). The molecule has 3 N–H and O–H groups in total. The maximum atomic E-state index is 12.1. The van der Waals surface area contributed by atoms with Gasteiger partial charge in [-0.05, 0) is 29.9 Å². The van der Waals surface area contributed by atoms with Crippen molar-refractivity contribution >= 4 is 28.2 Å². The number of hydrogen-bond acceptors (Lipinski definition) is 4. The topological polar surface area (TPSA) is 89.3 Å². The fraction of sp³-hybridized carbons (Fsp3) is 0.588.